The van der Waals surface area contributed by atoms with Crippen LogP contribution >= 0.6 is 0 Å². The maximum Gasteiger partial charge on any atom is 0.261 e. The number of rotatable bonds is 3. The molecule has 0 saturated carbocycles. The second-order valence-corrected chi connectivity index (χ2v) is 7.56. The van der Waals surface area contributed by atoms with Gasteiger partial charge in [-0.15, -0.1) is 0 Å². The molecule has 1 aromatic carbocycles. The molecule has 1 amide bonds. The van der Waals surface area contributed by atoms with Crippen LogP contribution in [0.25, 0.3) is 0 Å². The Morgan fingerprint density at radius 3 is 2.96 bits per heavy atom. The fourth-order valence-electron chi connectivity index (χ4n) is 4.12. The van der Waals surface area contributed by atoms with Crippen LogP contribution in [-0.2, 0) is 19.3 Å². The predicted octanol–water partition coefficient (Wildman–Crippen LogP) is 3.02. The van der Waals surface area contributed by atoms with Crippen molar-refractivity contribution in [3.63, 3.8) is 0 Å². The molecule has 0 spiro atoms. The van der Waals surface area contributed by atoms with Gasteiger partial charge in [0.1, 0.15) is 11.4 Å². The smallest absolute Gasteiger partial charge is 0.261 e. The number of fused-ring (bicyclic) bond motifs is 1. The van der Waals surface area contributed by atoms with E-state index in [9.17, 15) is 14.0 Å². The average Bonchev–Trinajstić information content (AvgIpc) is 3.26. The van der Waals surface area contributed by atoms with E-state index in [0.29, 0.717) is 24.6 Å². The number of aromatic nitrogens is 1. The molecule has 1 unspecified atom stereocenters. The van der Waals surface area contributed by atoms with E-state index in [4.69, 9.17) is 0 Å². The van der Waals surface area contributed by atoms with E-state index in [-0.39, 0.29) is 22.8 Å². The van der Waals surface area contributed by atoms with Crippen molar-refractivity contribution in [3.8, 4) is 0 Å². The summed E-state index contributed by atoms with van der Waals surface area (Å²) < 4.78 is 13.7. The van der Waals surface area contributed by atoms with Crippen LogP contribution in [0.4, 0.5) is 4.39 Å². The average molecular weight is 354 g/mol. The van der Waals surface area contributed by atoms with Gasteiger partial charge in [-0.05, 0) is 73.8 Å². The van der Waals surface area contributed by atoms with Crippen LogP contribution in [0.15, 0.2) is 29.1 Å². The molecule has 5 heteroatoms. The summed E-state index contributed by atoms with van der Waals surface area (Å²) >= 11 is 0. The highest BCUT2D eigenvalue weighted by molar-refractivity contribution is 5.94. The summed E-state index contributed by atoms with van der Waals surface area (Å²) in [6.07, 6.45) is 4.47. The zero-order valence-electron chi connectivity index (χ0n) is 15.0. The second-order valence-electron chi connectivity index (χ2n) is 7.56. The number of aryl methyl sites for hydroxylation is 3. The fraction of sp³-hybridized carbons (Fsp3) is 0.429. The predicted molar refractivity (Wildman–Crippen MR) is 97.9 cm³/mol. The summed E-state index contributed by atoms with van der Waals surface area (Å²) in [5, 5.41) is 0. The zero-order chi connectivity index (χ0) is 18.3. The van der Waals surface area contributed by atoms with Crippen LogP contribution in [0.3, 0.4) is 0 Å². The highest BCUT2D eigenvalue weighted by atomic mass is 19.1. The molecule has 2 heterocycles. The Bertz CT molecular complexity index is 919. The Morgan fingerprint density at radius 2 is 2.15 bits per heavy atom. The van der Waals surface area contributed by atoms with Crippen molar-refractivity contribution in [1.82, 2.24) is 9.88 Å². The SMILES string of the molecule is Cc1ccc(CC2CCN(C(=O)c3cc4c([nH]c3=O)CCC4)C2)cc1F. The minimum atomic E-state index is -0.278. The minimum absolute atomic E-state index is 0.182. The number of carbonyl (C=O) groups is 1. The molecular weight excluding hydrogens is 331 g/mol. The first-order valence-corrected chi connectivity index (χ1v) is 9.30. The first-order valence-electron chi connectivity index (χ1n) is 9.30. The number of benzene rings is 1. The lowest BCUT2D eigenvalue weighted by Crippen LogP contribution is -2.33. The zero-order valence-corrected chi connectivity index (χ0v) is 15.0. The Hall–Kier alpha value is -2.43. The lowest BCUT2D eigenvalue weighted by atomic mass is 9.98. The number of halogens is 1. The molecule has 0 radical (unpaired) electrons. The van der Waals surface area contributed by atoms with Gasteiger partial charge in [-0.1, -0.05) is 12.1 Å². The van der Waals surface area contributed by atoms with Crippen LogP contribution in [-0.4, -0.2) is 28.9 Å². The highest BCUT2D eigenvalue weighted by Crippen LogP contribution is 2.24. The number of aromatic amines is 1. The van der Waals surface area contributed by atoms with Crippen molar-refractivity contribution in [1.29, 1.82) is 0 Å². The molecule has 2 aromatic rings. The minimum Gasteiger partial charge on any atom is -0.338 e. The summed E-state index contributed by atoms with van der Waals surface area (Å²) in [6, 6.07) is 7.12. The number of amides is 1. The molecule has 1 atom stereocenters. The number of nitrogens with one attached hydrogen (secondary N) is 1. The summed E-state index contributed by atoms with van der Waals surface area (Å²) in [4.78, 5) is 29.7. The topological polar surface area (TPSA) is 53.2 Å². The van der Waals surface area contributed by atoms with Crippen molar-refractivity contribution >= 4 is 5.91 Å². The molecule has 1 aromatic heterocycles. The van der Waals surface area contributed by atoms with Crippen LogP contribution in [0.5, 0.6) is 0 Å². The number of likely N-dealkylation sites (tertiary alicyclic amines) is 1. The van der Waals surface area contributed by atoms with Gasteiger partial charge in [-0.3, -0.25) is 9.59 Å². The summed E-state index contributed by atoms with van der Waals surface area (Å²) in [6.45, 7) is 3.02. The van der Waals surface area contributed by atoms with E-state index >= 15 is 0 Å². The van der Waals surface area contributed by atoms with Gasteiger partial charge in [0.15, 0.2) is 0 Å². The molecule has 0 bridgehead atoms. The maximum atomic E-state index is 13.7. The number of carbonyl (C=O) groups excluding carboxylic acids is 1. The second kappa shape index (κ2) is 6.71. The van der Waals surface area contributed by atoms with Crippen molar-refractivity contribution < 1.29 is 9.18 Å². The quantitative estimate of drug-likeness (QED) is 0.921. The summed E-state index contributed by atoms with van der Waals surface area (Å²) in [5.74, 6) is -0.0637. The Balaban J connectivity index is 1.46. The van der Waals surface area contributed by atoms with Gasteiger partial charge in [0, 0.05) is 18.8 Å². The van der Waals surface area contributed by atoms with Gasteiger partial charge in [0.05, 0.1) is 0 Å². The number of hydrogen-bond acceptors (Lipinski definition) is 2. The van der Waals surface area contributed by atoms with E-state index in [1.165, 1.54) is 0 Å². The fourth-order valence-corrected chi connectivity index (χ4v) is 4.12. The van der Waals surface area contributed by atoms with Crippen molar-refractivity contribution in [2.75, 3.05) is 13.1 Å². The third-order valence-electron chi connectivity index (χ3n) is 5.65. The van der Waals surface area contributed by atoms with Crippen LogP contribution in [0, 0.1) is 18.7 Å². The molecule has 26 heavy (non-hydrogen) atoms. The number of pyridine rings is 1. The number of hydrogen-bond donors (Lipinski definition) is 1. The van der Waals surface area contributed by atoms with E-state index in [2.05, 4.69) is 4.98 Å². The molecule has 1 fully saturated rings. The molecule has 1 aliphatic heterocycles. The Labute approximate surface area is 152 Å². The number of nitrogens with zero attached hydrogens (tertiary/aromatic N) is 1. The summed E-state index contributed by atoms with van der Waals surface area (Å²) in [5.41, 5.74) is 3.66. The standard InChI is InChI=1S/C21H23FN2O2/c1-13-5-6-14(10-18(13)22)9-15-7-8-24(12-15)21(26)17-11-16-3-2-4-19(16)23-20(17)25/h5-6,10-11,15H,2-4,7-9,12H2,1H3,(H,23,25). The summed E-state index contributed by atoms with van der Waals surface area (Å²) in [7, 11) is 0. The van der Waals surface area contributed by atoms with E-state index in [0.717, 1.165) is 48.9 Å². The molecular formula is C21H23FN2O2. The first-order chi connectivity index (χ1) is 12.5. The first kappa shape index (κ1) is 17.0. The molecule has 136 valence electrons. The molecule has 4 rings (SSSR count). The van der Waals surface area contributed by atoms with Gasteiger partial charge in [-0.25, -0.2) is 4.39 Å². The van der Waals surface area contributed by atoms with Gasteiger partial charge >= 0.3 is 0 Å². The lowest BCUT2D eigenvalue weighted by molar-refractivity contribution is 0.0785. The third-order valence-corrected chi connectivity index (χ3v) is 5.65. The number of H-pyrrole nitrogens is 1. The molecule has 2 aliphatic rings. The molecule has 4 nitrogen and oxygen atoms in total. The Kier molecular flexibility index (Phi) is 4.39. The maximum absolute atomic E-state index is 13.7. The van der Waals surface area contributed by atoms with Gasteiger partial charge in [-0.2, -0.15) is 0 Å². The van der Waals surface area contributed by atoms with E-state index in [1.807, 2.05) is 6.07 Å². The van der Waals surface area contributed by atoms with E-state index in [1.54, 1.807) is 30.0 Å². The van der Waals surface area contributed by atoms with Crippen LogP contribution in [0.1, 0.15) is 45.6 Å². The monoisotopic (exact) mass is 354 g/mol. The highest BCUT2D eigenvalue weighted by Gasteiger charge is 2.29. The van der Waals surface area contributed by atoms with Crippen molar-refractivity contribution in [3.05, 3.63) is 68.4 Å². The van der Waals surface area contributed by atoms with Crippen LogP contribution < -0.4 is 5.56 Å². The largest absolute Gasteiger partial charge is 0.338 e. The van der Waals surface area contributed by atoms with Gasteiger partial charge in [0.25, 0.3) is 11.5 Å². The van der Waals surface area contributed by atoms with Gasteiger partial charge < -0.3 is 9.88 Å². The van der Waals surface area contributed by atoms with Gasteiger partial charge in [0.2, 0.25) is 0 Å². The van der Waals surface area contributed by atoms with Crippen LogP contribution in [0.2, 0.25) is 0 Å². The molecule has 1 saturated heterocycles. The molecule has 1 N–H and O–H groups in total. The third kappa shape index (κ3) is 3.18. The van der Waals surface area contributed by atoms with Crippen molar-refractivity contribution in [2.45, 2.75) is 39.0 Å². The Morgan fingerprint density at radius 1 is 1.31 bits per heavy atom. The lowest BCUT2D eigenvalue weighted by Gasteiger charge is -2.17. The van der Waals surface area contributed by atoms with E-state index < -0.39 is 0 Å². The molecule has 1 aliphatic carbocycles. The van der Waals surface area contributed by atoms with Crippen molar-refractivity contribution in [2.24, 2.45) is 5.92 Å². The normalized spacial score (nSPS) is 19.0.